The fourth-order valence-electron chi connectivity index (χ4n) is 2.98. The summed E-state index contributed by atoms with van der Waals surface area (Å²) in [5.41, 5.74) is 5.52. The third-order valence-electron chi connectivity index (χ3n) is 4.80. The molecule has 0 unspecified atom stereocenters. The van der Waals surface area contributed by atoms with Gasteiger partial charge in [-0.3, -0.25) is 14.8 Å². The first-order valence-electron chi connectivity index (χ1n) is 9.29. The number of hydrogen-bond acceptors (Lipinski definition) is 3. The van der Waals surface area contributed by atoms with Crippen molar-refractivity contribution in [2.24, 2.45) is 12.0 Å². The second-order valence-electron chi connectivity index (χ2n) is 6.81. The Labute approximate surface area is 179 Å². The molecule has 2 N–H and O–H groups in total. The Morgan fingerprint density at radius 2 is 1.79 bits per heavy atom. The van der Waals surface area contributed by atoms with Crippen molar-refractivity contribution >= 4 is 33.5 Å². The molecule has 1 amide bonds. The molecular formula is C22H24BrN5O. The lowest BCUT2D eigenvalue weighted by Gasteiger charge is -2.14. The summed E-state index contributed by atoms with van der Waals surface area (Å²) in [6.07, 6.45) is 0. The number of nitrogens with zero attached hydrogens (tertiary/aromatic N) is 3. The summed E-state index contributed by atoms with van der Waals surface area (Å²) in [5.74, 6) is 0.152. The van der Waals surface area contributed by atoms with Gasteiger partial charge in [-0.1, -0.05) is 30.3 Å². The van der Waals surface area contributed by atoms with Crippen LogP contribution in [0.5, 0.6) is 0 Å². The van der Waals surface area contributed by atoms with Crippen molar-refractivity contribution in [2.45, 2.75) is 27.3 Å². The summed E-state index contributed by atoms with van der Waals surface area (Å²) in [6, 6.07) is 15.2. The van der Waals surface area contributed by atoms with Gasteiger partial charge in [-0.05, 0) is 60.5 Å². The molecule has 7 heteroatoms. The number of aliphatic imine (C=N–C) groups is 1. The number of aryl methyl sites for hydroxylation is 3. The third-order valence-corrected chi connectivity index (χ3v) is 5.49. The second kappa shape index (κ2) is 9.05. The molecule has 1 heterocycles. The number of halogens is 1. The van der Waals surface area contributed by atoms with Crippen LogP contribution in [0.25, 0.3) is 0 Å². The minimum atomic E-state index is -0.239. The normalized spacial score (nSPS) is 11.4. The minimum absolute atomic E-state index is 0.239. The molecule has 6 nitrogen and oxygen atoms in total. The molecule has 0 saturated heterocycles. The summed E-state index contributed by atoms with van der Waals surface area (Å²) in [7, 11) is 1.91. The molecule has 0 aliphatic heterocycles. The average Bonchev–Trinajstić information content (AvgIpc) is 2.93. The first kappa shape index (κ1) is 20.8. The van der Waals surface area contributed by atoms with E-state index in [0.29, 0.717) is 18.1 Å². The molecule has 3 aromatic rings. The number of carbonyl (C=O) groups excluding carboxylic acids is 1. The predicted molar refractivity (Wildman–Crippen MR) is 120 cm³/mol. The standard InChI is InChI=1S/C22H24BrN5O/c1-14-9-5-8-12-20(14)25-22(24-13-18-15(2)27-28(4)16(18)3)26-21(29)17-10-6-7-11-19(17)23/h5-12H,13H2,1-4H3,(H2,24,25,26,29). The monoisotopic (exact) mass is 453 g/mol. The number of carbonyl (C=O) groups is 1. The van der Waals surface area contributed by atoms with Gasteiger partial charge in [0.25, 0.3) is 5.91 Å². The Bertz CT molecular complexity index is 1070. The van der Waals surface area contributed by atoms with Crippen molar-refractivity contribution in [3.05, 3.63) is 81.1 Å². The number of anilines is 1. The molecule has 0 aliphatic carbocycles. The number of hydrogen-bond donors (Lipinski definition) is 2. The average molecular weight is 454 g/mol. The van der Waals surface area contributed by atoms with Crippen LogP contribution in [-0.2, 0) is 13.6 Å². The highest BCUT2D eigenvalue weighted by molar-refractivity contribution is 9.10. The molecule has 3 rings (SSSR count). The summed E-state index contributed by atoms with van der Waals surface area (Å²) in [6.45, 7) is 6.39. The number of rotatable bonds is 4. The zero-order valence-corrected chi connectivity index (χ0v) is 18.5. The Balaban J connectivity index is 1.89. The largest absolute Gasteiger partial charge is 0.326 e. The first-order chi connectivity index (χ1) is 13.9. The van der Waals surface area contributed by atoms with Crippen molar-refractivity contribution < 1.29 is 4.79 Å². The van der Waals surface area contributed by atoms with Gasteiger partial charge in [0, 0.05) is 28.5 Å². The van der Waals surface area contributed by atoms with Crippen LogP contribution in [-0.4, -0.2) is 21.6 Å². The molecule has 0 atom stereocenters. The first-order valence-corrected chi connectivity index (χ1v) is 10.1. The maximum atomic E-state index is 12.8. The SMILES string of the molecule is Cc1ccccc1NC(=NCc1c(C)nn(C)c1C)NC(=O)c1ccccc1Br. The summed E-state index contributed by atoms with van der Waals surface area (Å²) >= 11 is 3.43. The Morgan fingerprint density at radius 1 is 1.10 bits per heavy atom. The highest BCUT2D eigenvalue weighted by Crippen LogP contribution is 2.17. The van der Waals surface area contributed by atoms with Crippen LogP contribution in [0.2, 0.25) is 0 Å². The van der Waals surface area contributed by atoms with E-state index in [9.17, 15) is 4.79 Å². The van der Waals surface area contributed by atoms with E-state index in [2.05, 4.69) is 36.7 Å². The second-order valence-corrected chi connectivity index (χ2v) is 7.67. The fraction of sp³-hybridized carbons (Fsp3) is 0.227. The molecule has 2 aromatic carbocycles. The summed E-state index contributed by atoms with van der Waals surface area (Å²) < 4.78 is 2.57. The number of amides is 1. The van der Waals surface area contributed by atoms with Crippen LogP contribution < -0.4 is 10.6 Å². The molecule has 0 aliphatic rings. The van der Waals surface area contributed by atoms with E-state index in [1.165, 1.54) is 0 Å². The van der Waals surface area contributed by atoms with E-state index < -0.39 is 0 Å². The van der Waals surface area contributed by atoms with E-state index in [1.54, 1.807) is 6.07 Å². The molecule has 0 bridgehead atoms. The van der Waals surface area contributed by atoms with Crippen LogP contribution in [0.1, 0.15) is 32.9 Å². The van der Waals surface area contributed by atoms with Gasteiger partial charge in [-0.25, -0.2) is 4.99 Å². The number of benzene rings is 2. The van der Waals surface area contributed by atoms with Gasteiger partial charge >= 0.3 is 0 Å². The number of nitrogens with one attached hydrogen (secondary N) is 2. The zero-order valence-electron chi connectivity index (χ0n) is 17.0. The van der Waals surface area contributed by atoms with Crippen molar-refractivity contribution in [1.82, 2.24) is 15.1 Å². The van der Waals surface area contributed by atoms with Crippen LogP contribution in [0.3, 0.4) is 0 Å². The fourth-order valence-corrected chi connectivity index (χ4v) is 3.44. The number of para-hydroxylation sites is 1. The maximum absolute atomic E-state index is 12.8. The molecular weight excluding hydrogens is 430 g/mol. The highest BCUT2D eigenvalue weighted by atomic mass is 79.9. The van der Waals surface area contributed by atoms with E-state index >= 15 is 0 Å². The summed E-state index contributed by atoms with van der Waals surface area (Å²) in [4.78, 5) is 17.5. The van der Waals surface area contributed by atoms with Crippen LogP contribution >= 0.6 is 15.9 Å². The van der Waals surface area contributed by atoms with Gasteiger partial charge in [0.1, 0.15) is 0 Å². The van der Waals surface area contributed by atoms with Gasteiger partial charge in [0.2, 0.25) is 5.96 Å². The van der Waals surface area contributed by atoms with Gasteiger partial charge in [0.05, 0.1) is 17.8 Å². The van der Waals surface area contributed by atoms with E-state index in [1.807, 2.05) is 75.0 Å². The molecule has 150 valence electrons. The van der Waals surface area contributed by atoms with Gasteiger partial charge in [0.15, 0.2) is 0 Å². The predicted octanol–water partition coefficient (Wildman–Crippen LogP) is 4.51. The smallest absolute Gasteiger partial charge is 0.259 e. The quantitative estimate of drug-likeness (QED) is 0.450. The zero-order chi connectivity index (χ0) is 21.0. The molecule has 29 heavy (non-hydrogen) atoms. The van der Waals surface area contributed by atoms with Gasteiger partial charge in [-0.2, -0.15) is 5.10 Å². The third kappa shape index (κ3) is 4.92. The lowest BCUT2D eigenvalue weighted by molar-refractivity contribution is 0.0976. The lowest BCUT2D eigenvalue weighted by Crippen LogP contribution is -2.36. The molecule has 0 saturated carbocycles. The van der Waals surface area contributed by atoms with Crippen molar-refractivity contribution in [3.63, 3.8) is 0 Å². The summed E-state index contributed by atoms with van der Waals surface area (Å²) in [5, 5.41) is 10.6. The lowest BCUT2D eigenvalue weighted by atomic mass is 10.2. The van der Waals surface area contributed by atoms with Gasteiger partial charge < -0.3 is 5.32 Å². The van der Waals surface area contributed by atoms with Gasteiger partial charge in [-0.15, -0.1) is 0 Å². The van der Waals surface area contributed by atoms with E-state index in [-0.39, 0.29) is 5.91 Å². The Morgan fingerprint density at radius 3 is 2.45 bits per heavy atom. The molecule has 0 radical (unpaired) electrons. The maximum Gasteiger partial charge on any atom is 0.259 e. The van der Waals surface area contributed by atoms with Crippen LogP contribution in [0, 0.1) is 20.8 Å². The van der Waals surface area contributed by atoms with E-state index in [0.717, 1.165) is 32.7 Å². The molecule has 1 aromatic heterocycles. The van der Waals surface area contributed by atoms with E-state index in [4.69, 9.17) is 0 Å². The van der Waals surface area contributed by atoms with Crippen molar-refractivity contribution in [3.8, 4) is 0 Å². The number of guanidine groups is 1. The van der Waals surface area contributed by atoms with Crippen LogP contribution in [0.4, 0.5) is 5.69 Å². The van der Waals surface area contributed by atoms with Crippen LogP contribution in [0.15, 0.2) is 58.0 Å². The van der Waals surface area contributed by atoms with Crippen molar-refractivity contribution in [2.75, 3.05) is 5.32 Å². The highest BCUT2D eigenvalue weighted by Gasteiger charge is 2.14. The Hall–Kier alpha value is -2.93. The van der Waals surface area contributed by atoms with Crippen molar-refractivity contribution in [1.29, 1.82) is 0 Å². The Kier molecular flexibility index (Phi) is 6.49. The molecule has 0 fully saturated rings. The minimum Gasteiger partial charge on any atom is -0.326 e. The number of aromatic nitrogens is 2. The topological polar surface area (TPSA) is 71.3 Å². The molecule has 0 spiro atoms.